The van der Waals surface area contributed by atoms with Crippen molar-refractivity contribution in [1.82, 2.24) is 10.0 Å². The van der Waals surface area contributed by atoms with E-state index in [0.29, 0.717) is 18.2 Å². The van der Waals surface area contributed by atoms with Gasteiger partial charge >= 0.3 is 0 Å². The summed E-state index contributed by atoms with van der Waals surface area (Å²) >= 11 is 6.02. The first kappa shape index (κ1) is 15.4. The molecule has 2 N–H and O–H groups in total. The van der Waals surface area contributed by atoms with Gasteiger partial charge in [0.15, 0.2) is 0 Å². The van der Waals surface area contributed by atoms with Gasteiger partial charge in [0.25, 0.3) is 0 Å². The SMILES string of the molecule is CNCc1ccc(S(=O)(=O)NCCOC)cc1Cl. The van der Waals surface area contributed by atoms with Crippen LogP contribution in [0.5, 0.6) is 0 Å². The molecular weight excluding hydrogens is 276 g/mol. The third kappa shape index (κ3) is 4.22. The monoisotopic (exact) mass is 292 g/mol. The molecule has 0 atom stereocenters. The average molecular weight is 293 g/mol. The van der Waals surface area contributed by atoms with Crippen molar-refractivity contribution in [3.8, 4) is 0 Å². The van der Waals surface area contributed by atoms with Gasteiger partial charge in [-0.05, 0) is 24.7 Å². The maximum absolute atomic E-state index is 11.9. The van der Waals surface area contributed by atoms with E-state index in [1.165, 1.54) is 19.2 Å². The minimum Gasteiger partial charge on any atom is -0.383 e. The van der Waals surface area contributed by atoms with Gasteiger partial charge in [0.05, 0.1) is 11.5 Å². The predicted octanol–water partition coefficient (Wildman–Crippen LogP) is 0.984. The van der Waals surface area contributed by atoms with E-state index in [0.717, 1.165) is 5.56 Å². The topological polar surface area (TPSA) is 67.4 Å². The lowest BCUT2D eigenvalue weighted by Gasteiger charge is -2.09. The normalized spacial score (nSPS) is 11.7. The molecule has 1 rings (SSSR count). The Kier molecular flexibility index (Phi) is 6.04. The lowest BCUT2D eigenvalue weighted by molar-refractivity contribution is 0.204. The van der Waals surface area contributed by atoms with Crippen molar-refractivity contribution in [1.29, 1.82) is 0 Å². The highest BCUT2D eigenvalue weighted by atomic mass is 35.5. The van der Waals surface area contributed by atoms with Crippen LogP contribution in [-0.4, -0.2) is 35.7 Å². The van der Waals surface area contributed by atoms with E-state index in [9.17, 15) is 8.42 Å². The molecule has 1 aromatic rings. The van der Waals surface area contributed by atoms with E-state index < -0.39 is 10.0 Å². The summed E-state index contributed by atoms with van der Waals surface area (Å²) in [6.45, 7) is 1.15. The molecule has 0 fully saturated rings. The molecular formula is C11H17ClN2O3S. The van der Waals surface area contributed by atoms with Gasteiger partial charge in [-0.25, -0.2) is 13.1 Å². The summed E-state index contributed by atoms with van der Waals surface area (Å²) in [6.07, 6.45) is 0. The van der Waals surface area contributed by atoms with Crippen molar-refractivity contribution in [2.45, 2.75) is 11.4 Å². The molecule has 0 aliphatic rings. The Bertz CT molecular complexity index is 491. The van der Waals surface area contributed by atoms with Gasteiger partial charge in [-0.15, -0.1) is 0 Å². The van der Waals surface area contributed by atoms with Crippen LogP contribution in [0.25, 0.3) is 0 Å². The van der Waals surface area contributed by atoms with Crippen molar-refractivity contribution in [3.05, 3.63) is 28.8 Å². The summed E-state index contributed by atoms with van der Waals surface area (Å²) in [5, 5.41) is 3.39. The number of hydrogen-bond acceptors (Lipinski definition) is 4. The number of methoxy groups -OCH3 is 1. The molecule has 0 aliphatic carbocycles. The molecule has 5 nitrogen and oxygen atoms in total. The Morgan fingerprint density at radius 3 is 2.67 bits per heavy atom. The molecule has 0 aliphatic heterocycles. The highest BCUT2D eigenvalue weighted by Crippen LogP contribution is 2.20. The van der Waals surface area contributed by atoms with Crippen molar-refractivity contribution in [2.24, 2.45) is 0 Å². The molecule has 0 bridgehead atoms. The molecule has 0 saturated carbocycles. The van der Waals surface area contributed by atoms with Crippen molar-refractivity contribution >= 4 is 21.6 Å². The lowest BCUT2D eigenvalue weighted by Crippen LogP contribution is -2.27. The molecule has 0 saturated heterocycles. The van der Waals surface area contributed by atoms with Crippen LogP contribution in [0.2, 0.25) is 5.02 Å². The first-order valence-corrected chi connectivity index (χ1v) is 7.29. The highest BCUT2D eigenvalue weighted by Gasteiger charge is 2.14. The smallest absolute Gasteiger partial charge is 0.240 e. The van der Waals surface area contributed by atoms with Gasteiger partial charge in [0.1, 0.15) is 0 Å². The molecule has 0 spiro atoms. The lowest BCUT2D eigenvalue weighted by atomic mass is 10.2. The van der Waals surface area contributed by atoms with Crippen LogP contribution in [0, 0.1) is 0 Å². The van der Waals surface area contributed by atoms with Crippen LogP contribution in [0.15, 0.2) is 23.1 Å². The molecule has 102 valence electrons. The summed E-state index contributed by atoms with van der Waals surface area (Å²) < 4.78 is 31.0. The largest absolute Gasteiger partial charge is 0.383 e. The minimum atomic E-state index is -3.52. The second-order valence-electron chi connectivity index (χ2n) is 3.67. The zero-order chi connectivity index (χ0) is 13.6. The Hall–Kier alpha value is -0.660. The fourth-order valence-electron chi connectivity index (χ4n) is 1.39. The first-order chi connectivity index (χ1) is 8.51. The van der Waals surface area contributed by atoms with Crippen LogP contribution >= 0.6 is 11.6 Å². The Morgan fingerprint density at radius 1 is 1.39 bits per heavy atom. The van der Waals surface area contributed by atoms with E-state index in [1.807, 2.05) is 0 Å². The number of halogens is 1. The van der Waals surface area contributed by atoms with E-state index in [4.69, 9.17) is 16.3 Å². The van der Waals surface area contributed by atoms with Gasteiger partial charge < -0.3 is 10.1 Å². The number of nitrogens with one attached hydrogen (secondary N) is 2. The molecule has 1 aromatic carbocycles. The van der Waals surface area contributed by atoms with E-state index >= 15 is 0 Å². The maximum atomic E-state index is 11.9. The summed E-state index contributed by atoms with van der Waals surface area (Å²) in [5.74, 6) is 0. The number of sulfonamides is 1. The molecule has 0 radical (unpaired) electrons. The minimum absolute atomic E-state index is 0.156. The van der Waals surface area contributed by atoms with E-state index in [2.05, 4.69) is 10.0 Å². The fourth-order valence-corrected chi connectivity index (χ4v) is 2.74. The van der Waals surface area contributed by atoms with Crippen LogP contribution in [0.4, 0.5) is 0 Å². The zero-order valence-corrected chi connectivity index (χ0v) is 11.9. The van der Waals surface area contributed by atoms with Crippen LogP contribution < -0.4 is 10.0 Å². The number of benzene rings is 1. The highest BCUT2D eigenvalue weighted by molar-refractivity contribution is 7.89. The molecule has 0 heterocycles. The Morgan fingerprint density at radius 2 is 2.11 bits per heavy atom. The molecule has 18 heavy (non-hydrogen) atoms. The van der Waals surface area contributed by atoms with Gasteiger partial charge in [0, 0.05) is 25.2 Å². The third-order valence-corrected chi connectivity index (χ3v) is 4.11. The molecule has 0 amide bonds. The predicted molar refractivity (Wildman–Crippen MR) is 71.3 cm³/mol. The summed E-state index contributed by atoms with van der Waals surface area (Å²) in [4.78, 5) is 0.156. The molecule has 7 heteroatoms. The standard InChI is InChI=1S/C11H17ClN2O3S/c1-13-8-9-3-4-10(7-11(9)12)18(15,16)14-5-6-17-2/h3-4,7,13-14H,5-6,8H2,1-2H3. The van der Waals surface area contributed by atoms with Gasteiger partial charge in [-0.2, -0.15) is 0 Å². The van der Waals surface area contributed by atoms with Crippen molar-refractivity contribution in [3.63, 3.8) is 0 Å². The number of rotatable bonds is 7. The summed E-state index contributed by atoms with van der Waals surface area (Å²) in [5.41, 5.74) is 0.856. The van der Waals surface area contributed by atoms with Crippen molar-refractivity contribution in [2.75, 3.05) is 27.3 Å². The van der Waals surface area contributed by atoms with Gasteiger partial charge in [-0.1, -0.05) is 17.7 Å². The van der Waals surface area contributed by atoms with Gasteiger partial charge in [-0.3, -0.25) is 0 Å². The van der Waals surface area contributed by atoms with Crippen LogP contribution in [0.1, 0.15) is 5.56 Å². The first-order valence-electron chi connectivity index (χ1n) is 5.43. The summed E-state index contributed by atoms with van der Waals surface area (Å²) in [6, 6.07) is 4.68. The maximum Gasteiger partial charge on any atom is 0.240 e. The fraction of sp³-hybridized carbons (Fsp3) is 0.455. The van der Waals surface area contributed by atoms with E-state index in [1.54, 1.807) is 13.1 Å². The third-order valence-electron chi connectivity index (χ3n) is 2.30. The second-order valence-corrected chi connectivity index (χ2v) is 5.85. The Labute approximate surface area is 113 Å². The Balaban J connectivity index is 2.86. The van der Waals surface area contributed by atoms with Crippen LogP contribution in [0.3, 0.4) is 0 Å². The molecule has 0 aromatic heterocycles. The van der Waals surface area contributed by atoms with Gasteiger partial charge in [0.2, 0.25) is 10.0 Å². The second kappa shape index (κ2) is 7.06. The van der Waals surface area contributed by atoms with Crippen LogP contribution in [-0.2, 0) is 21.3 Å². The zero-order valence-electron chi connectivity index (χ0n) is 10.4. The average Bonchev–Trinajstić information content (AvgIpc) is 2.32. The van der Waals surface area contributed by atoms with E-state index in [-0.39, 0.29) is 11.4 Å². The summed E-state index contributed by atoms with van der Waals surface area (Å²) in [7, 11) is -0.211. The van der Waals surface area contributed by atoms with Crippen molar-refractivity contribution < 1.29 is 13.2 Å². The molecule has 0 unspecified atom stereocenters. The number of ether oxygens (including phenoxy) is 1. The number of hydrogen-bond donors (Lipinski definition) is 2. The quantitative estimate of drug-likeness (QED) is 0.735.